The molecule has 0 heterocycles. The second-order valence-electron chi connectivity index (χ2n) is 5.90. The van der Waals surface area contributed by atoms with Gasteiger partial charge in [0.25, 0.3) is 0 Å². The number of nitrogens with zero attached hydrogens (tertiary/aromatic N) is 2. The second kappa shape index (κ2) is 6.23. The third-order valence-electron chi connectivity index (χ3n) is 3.84. The van der Waals surface area contributed by atoms with Gasteiger partial charge in [0, 0.05) is 12.1 Å². The minimum atomic E-state index is -0.782. The van der Waals surface area contributed by atoms with Gasteiger partial charge < -0.3 is 5.32 Å². The number of nitrogens with one attached hydrogen (secondary N) is 1. The number of rotatable bonds is 6. The van der Waals surface area contributed by atoms with Crippen molar-refractivity contribution in [1.29, 1.82) is 5.26 Å². The molecule has 1 aliphatic carbocycles. The van der Waals surface area contributed by atoms with Crippen molar-refractivity contribution in [2.24, 2.45) is 5.92 Å². The summed E-state index contributed by atoms with van der Waals surface area (Å²) in [5.41, 5.74) is -0.228. The maximum Gasteiger partial charge on any atom is 0.235 e. The highest BCUT2D eigenvalue weighted by Crippen LogP contribution is 2.39. The molecule has 0 aromatic heterocycles. The Balaban J connectivity index is 1.88. The van der Waals surface area contributed by atoms with Crippen molar-refractivity contribution in [3.8, 4) is 6.07 Å². The van der Waals surface area contributed by atoms with E-state index in [1.165, 1.54) is 6.07 Å². The van der Waals surface area contributed by atoms with Crippen LogP contribution < -0.4 is 5.32 Å². The van der Waals surface area contributed by atoms with Crippen molar-refractivity contribution < 1.29 is 9.18 Å². The van der Waals surface area contributed by atoms with Crippen molar-refractivity contribution in [2.75, 3.05) is 13.6 Å². The van der Waals surface area contributed by atoms with Gasteiger partial charge in [-0.15, -0.1) is 0 Å². The van der Waals surface area contributed by atoms with E-state index < -0.39 is 5.54 Å². The molecule has 0 saturated heterocycles. The predicted octanol–water partition coefficient (Wildman–Crippen LogP) is 2.07. The van der Waals surface area contributed by atoms with Gasteiger partial charge in [-0.3, -0.25) is 9.69 Å². The fourth-order valence-corrected chi connectivity index (χ4v) is 2.43. The summed E-state index contributed by atoms with van der Waals surface area (Å²) in [7, 11) is 1.76. The molecule has 1 saturated carbocycles. The van der Waals surface area contributed by atoms with E-state index in [4.69, 9.17) is 0 Å². The lowest BCUT2D eigenvalue weighted by atomic mass is 9.98. The zero-order valence-corrected chi connectivity index (χ0v) is 12.4. The topological polar surface area (TPSA) is 56.1 Å². The highest BCUT2D eigenvalue weighted by atomic mass is 19.1. The maximum atomic E-state index is 13.6. The summed E-state index contributed by atoms with van der Waals surface area (Å²) in [6.45, 7) is 2.25. The molecule has 0 bridgehead atoms. The van der Waals surface area contributed by atoms with Crippen molar-refractivity contribution in [3.05, 3.63) is 35.6 Å². The van der Waals surface area contributed by atoms with Gasteiger partial charge in [-0.25, -0.2) is 4.39 Å². The van der Waals surface area contributed by atoms with Gasteiger partial charge in [0.2, 0.25) is 5.91 Å². The average molecular weight is 289 g/mol. The number of halogens is 1. The minimum absolute atomic E-state index is 0.137. The Labute approximate surface area is 124 Å². The fourth-order valence-electron chi connectivity index (χ4n) is 2.43. The molecule has 2 rings (SSSR count). The second-order valence-corrected chi connectivity index (χ2v) is 5.90. The summed E-state index contributed by atoms with van der Waals surface area (Å²) >= 11 is 0. The van der Waals surface area contributed by atoms with Crippen LogP contribution in [0, 0.1) is 23.1 Å². The van der Waals surface area contributed by atoms with Crippen molar-refractivity contribution >= 4 is 5.91 Å². The number of carbonyl (C=O) groups is 1. The SMILES string of the molecule is CN(CC(=O)N[C@](C)(C#N)C1CC1)Cc1ccccc1F. The lowest BCUT2D eigenvalue weighted by molar-refractivity contribution is -0.123. The lowest BCUT2D eigenvalue weighted by Crippen LogP contribution is -2.49. The maximum absolute atomic E-state index is 13.6. The van der Waals surface area contributed by atoms with Crippen LogP contribution in [-0.4, -0.2) is 29.9 Å². The van der Waals surface area contributed by atoms with Crippen LogP contribution in [0.15, 0.2) is 24.3 Å². The molecular formula is C16H20FN3O. The molecule has 0 unspecified atom stereocenters. The third kappa shape index (κ3) is 4.02. The van der Waals surface area contributed by atoms with Crippen LogP contribution in [-0.2, 0) is 11.3 Å². The Hall–Kier alpha value is -1.93. The van der Waals surface area contributed by atoms with Gasteiger partial charge in [-0.05, 0) is 38.8 Å². The first-order chi connectivity index (χ1) is 9.94. The smallest absolute Gasteiger partial charge is 0.235 e. The predicted molar refractivity (Wildman–Crippen MR) is 77.6 cm³/mol. The number of nitriles is 1. The van der Waals surface area contributed by atoms with Crippen molar-refractivity contribution in [3.63, 3.8) is 0 Å². The highest BCUT2D eigenvalue weighted by Gasteiger charge is 2.43. The van der Waals surface area contributed by atoms with Gasteiger partial charge in [0.05, 0.1) is 12.6 Å². The van der Waals surface area contributed by atoms with Crippen LogP contribution in [0.2, 0.25) is 0 Å². The number of hydrogen-bond acceptors (Lipinski definition) is 3. The first kappa shape index (κ1) is 15.5. The summed E-state index contributed by atoms with van der Waals surface area (Å²) in [4.78, 5) is 13.8. The molecule has 4 nitrogen and oxygen atoms in total. The number of amides is 1. The molecular weight excluding hydrogens is 269 g/mol. The Kier molecular flexibility index (Phi) is 4.59. The van der Waals surface area contributed by atoms with Crippen LogP contribution in [0.5, 0.6) is 0 Å². The molecule has 0 aliphatic heterocycles. The third-order valence-corrected chi connectivity index (χ3v) is 3.84. The van der Waals surface area contributed by atoms with Crippen LogP contribution >= 0.6 is 0 Å². The zero-order chi connectivity index (χ0) is 15.5. The summed E-state index contributed by atoms with van der Waals surface area (Å²) in [6, 6.07) is 8.71. The largest absolute Gasteiger partial charge is 0.337 e. The molecule has 1 amide bonds. The van der Waals surface area contributed by atoms with E-state index in [0.717, 1.165) is 12.8 Å². The summed E-state index contributed by atoms with van der Waals surface area (Å²) < 4.78 is 13.6. The standard InChI is InChI=1S/C16H20FN3O/c1-16(11-18,13-7-8-13)19-15(21)10-20(2)9-12-5-3-4-6-14(12)17/h3-6,13H,7-10H2,1-2H3,(H,19,21)/t16-/m1/s1. The molecule has 0 spiro atoms. The van der Waals surface area contributed by atoms with E-state index in [9.17, 15) is 14.4 Å². The minimum Gasteiger partial charge on any atom is -0.337 e. The molecule has 5 heteroatoms. The zero-order valence-electron chi connectivity index (χ0n) is 12.4. The van der Waals surface area contributed by atoms with Crippen molar-refractivity contribution in [1.82, 2.24) is 10.2 Å². The molecule has 21 heavy (non-hydrogen) atoms. The van der Waals surface area contributed by atoms with Gasteiger partial charge in [0.15, 0.2) is 0 Å². The molecule has 1 fully saturated rings. The highest BCUT2D eigenvalue weighted by molar-refractivity contribution is 5.79. The molecule has 1 aromatic carbocycles. The van der Waals surface area contributed by atoms with Gasteiger partial charge in [-0.2, -0.15) is 5.26 Å². The quantitative estimate of drug-likeness (QED) is 0.872. The summed E-state index contributed by atoms with van der Waals surface area (Å²) in [5.74, 6) is -0.224. The first-order valence-corrected chi connectivity index (χ1v) is 7.09. The Morgan fingerprint density at radius 1 is 1.52 bits per heavy atom. The molecule has 0 radical (unpaired) electrons. The number of hydrogen-bond donors (Lipinski definition) is 1. The number of benzene rings is 1. The van der Waals surface area contributed by atoms with E-state index in [0.29, 0.717) is 12.1 Å². The van der Waals surface area contributed by atoms with Gasteiger partial charge >= 0.3 is 0 Å². The number of carbonyl (C=O) groups excluding carboxylic acids is 1. The Bertz CT molecular complexity index is 565. The van der Waals surface area contributed by atoms with Crippen LogP contribution in [0.4, 0.5) is 4.39 Å². The van der Waals surface area contributed by atoms with Crippen molar-refractivity contribution in [2.45, 2.75) is 31.8 Å². The Morgan fingerprint density at radius 2 is 2.19 bits per heavy atom. The van der Waals surface area contributed by atoms with Crippen LogP contribution in [0.25, 0.3) is 0 Å². The van der Waals surface area contributed by atoms with Crippen LogP contribution in [0.1, 0.15) is 25.3 Å². The molecule has 1 N–H and O–H groups in total. The summed E-state index contributed by atoms with van der Waals surface area (Å²) in [5, 5.41) is 12.0. The molecule has 112 valence electrons. The molecule has 1 aliphatic rings. The van der Waals surface area contributed by atoms with E-state index in [1.807, 2.05) is 0 Å². The normalized spacial score (nSPS) is 17.1. The van der Waals surface area contributed by atoms with E-state index in [2.05, 4.69) is 11.4 Å². The lowest BCUT2D eigenvalue weighted by Gasteiger charge is -2.25. The molecule has 1 aromatic rings. The van der Waals surface area contributed by atoms with Crippen LogP contribution in [0.3, 0.4) is 0 Å². The average Bonchev–Trinajstić information content (AvgIpc) is 3.25. The number of likely N-dealkylation sites (N-methyl/N-ethyl adjacent to an activating group) is 1. The van der Waals surface area contributed by atoms with E-state index in [-0.39, 0.29) is 24.2 Å². The van der Waals surface area contributed by atoms with E-state index in [1.54, 1.807) is 37.1 Å². The monoisotopic (exact) mass is 289 g/mol. The van der Waals surface area contributed by atoms with Gasteiger partial charge in [-0.1, -0.05) is 18.2 Å². The first-order valence-electron chi connectivity index (χ1n) is 7.09. The molecule has 1 atom stereocenters. The Morgan fingerprint density at radius 3 is 2.76 bits per heavy atom. The summed E-state index contributed by atoms with van der Waals surface area (Å²) in [6.07, 6.45) is 1.96. The van der Waals surface area contributed by atoms with Gasteiger partial charge in [0.1, 0.15) is 11.4 Å². The van der Waals surface area contributed by atoms with E-state index >= 15 is 0 Å². The fraction of sp³-hybridized carbons (Fsp3) is 0.500.